The molecule has 8 nitrogen and oxygen atoms in total. The van der Waals surface area contributed by atoms with Gasteiger partial charge in [0.1, 0.15) is 18.2 Å². The fourth-order valence-corrected chi connectivity index (χ4v) is 2.55. The van der Waals surface area contributed by atoms with Crippen molar-refractivity contribution >= 4 is 5.96 Å². The molecule has 0 unspecified atom stereocenters. The van der Waals surface area contributed by atoms with Gasteiger partial charge in [-0.15, -0.1) is 5.10 Å². The lowest BCUT2D eigenvalue weighted by molar-refractivity contribution is 0.280. The summed E-state index contributed by atoms with van der Waals surface area (Å²) in [5, 5.41) is 10.3. The van der Waals surface area contributed by atoms with Gasteiger partial charge in [-0.1, -0.05) is 18.2 Å². The molecule has 0 aliphatic carbocycles. The van der Waals surface area contributed by atoms with Crippen molar-refractivity contribution in [3.05, 3.63) is 54.0 Å². The molecule has 0 saturated heterocycles. The smallest absolute Gasteiger partial charge is 0.216 e. The monoisotopic (exact) mass is 368 g/mol. The average molecular weight is 368 g/mol. The molecule has 27 heavy (non-hydrogen) atoms. The number of para-hydroxylation sites is 1. The van der Waals surface area contributed by atoms with Crippen LogP contribution in [0.2, 0.25) is 0 Å². The van der Waals surface area contributed by atoms with Crippen LogP contribution < -0.4 is 10.1 Å². The first-order valence-electron chi connectivity index (χ1n) is 8.72. The number of aromatic amines is 1. The summed E-state index contributed by atoms with van der Waals surface area (Å²) < 4.78 is 11.1. The number of aliphatic imine (C=N–C) groups is 1. The van der Waals surface area contributed by atoms with Gasteiger partial charge in [0.25, 0.3) is 0 Å². The summed E-state index contributed by atoms with van der Waals surface area (Å²) in [5.41, 5.74) is 1.13. The maximum atomic E-state index is 5.85. The minimum Gasteiger partial charge on any atom is -0.491 e. The highest BCUT2D eigenvalue weighted by molar-refractivity contribution is 5.79. The van der Waals surface area contributed by atoms with E-state index in [4.69, 9.17) is 9.15 Å². The van der Waals surface area contributed by atoms with E-state index in [-0.39, 0.29) is 0 Å². The Balaban J connectivity index is 1.47. The molecule has 0 saturated carbocycles. The fourth-order valence-electron chi connectivity index (χ4n) is 2.55. The predicted octanol–water partition coefficient (Wildman–Crippen LogP) is 2.46. The van der Waals surface area contributed by atoms with Gasteiger partial charge in [-0.25, -0.2) is 4.98 Å². The molecule has 0 amide bonds. The molecule has 3 aromatic rings. The Morgan fingerprint density at radius 3 is 2.89 bits per heavy atom. The maximum Gasteiger partial charge on any atom is 0.216 e. The van der Waals surface area contributed by atoms with Gasteiger partial charge in [-0.2, -0.15) is 0 Å². The third-order valence-electron chi connectivity index (χ3n) is 4.04. The lowest BCUT2D eigenvalue weighted by Gasteiger charge is -2.22. The summed E-state index contributed by atoms with van der Waals surface area (Å²) in [5.74, 6) is 3.52. The minimum absolute atomic E-state index is 0.476. The van der Waals surface area contributed by atoms with Crippen molar-refractivity contribution in [2.24, 2.45) is 4.99 Å². The molecule has 2 heterocycles. The second kappa shape index (κ2) is 8.88. The van der Waals surface area contributed by atoms with E-state index in [9.17, 15) is 0 Å². The van der Waals surface area contributed by atoms with E-state index in [0.717, 1.165) is 17.3 Å². The Morgan fingerprint density at radius 1 is 1.30 bits per heavy atom. The molecule has 2 N–H and O–H groups in total. The number of furan rings is 1. The van der Waals surface area contributed by atoms with E-state index in [1.807, 2.05) is 49.2 Å². The number of nitrogens with zero attached hydrogens (tertiary/aromatic N) is 4. The number of hydrogen-bond acceptors (Lipinski definition) is 5. The number of nitrogens with one attached hydrogen (secondary N) is 2. The molecule has 0 radical (unpaired) electrons. The maximum absolute atomic E-state index is 5.85. The van der Waals surface area contributed by atoms with Crippen molar-refractivity contribution in [3.8, 4) is 17.3 Å². The highest BCUT2D eigenvalue weighted by Crippen LogP contribution is 2.16. The SMILES string of the molecule is CN=C(NCc1nc(-c2ccco2)n[nH]1)N(C)CCOc1ccccc1C. The summed E-state index contributed by atoms with van der Waals surface area (Å²) in [6, 6.07) is 11.6. The Kier molecular flexibility index (Phi) is 6.09. The second-order valence-corrected chi connectivity index (χ2v) is 6.02. The quantitative estimate of drug-likeness (QED) is 0.492. The molecular weight excluding hydrogens is 344 g/mol. The van der Waals surface area contributed by atoms with Crippen molar-refractivity contribution in [2.75, 3.05) is 27.2 Å². The lowest BCUT2D eigenvalue weighted by atomic mass is 10.2. The number of guanidine groups is 1. The van der Waals surface area contributed by atoms with E-state index in [2.05, 4.69) is 25.5 Å². The standard InChI is InChI=1S/C19H24N6O2/c1-14-7-4-5-8-15(14)27-12-10-25(3)19(20-2)21-13-17-22-18(24-23-17)16-9-6-11-26-16/h4-9,11H,10,12-13H2,1-3H3,(H,20,21)(H,22,23,24). The van der Waals surface area contributed by atoms with Crippen LogP contribution in [0, 0.1) is 6.92 Å². The molecule has 1 aromatic carbocycles. The zero-order valence-electron chi connectivity index (χ0n) is 15.8. The Bertz CT molecular complexity index is 872. The number of aromatic nitrogens is 3. The molecule has 2 aromatic heterocycles. The number of benzene rings is 1. The van der Waals surface area contributed by atoms with Crippen LogP contribution in [0.4, 0.5) is 0 Å². The summed E-state index contributed by atoms with van der Waals surface area (Å²) >= 11 is 0. The van der Waals surface area contributed by atoms with Crippen molar-refractivity contribution in [1.29, 1.82) is 0 Å². The van der Waals surface area contributed by atoms with Crippen molar-refractivity contribution in [3.63, 3.8) is 0 Å². The summed E-state index contributed by atoms with van der Waals surface area (Å²) in [4.78, 5) is 10.7. The van der Waals surface area contributed by atoms with Crippen LogP contribution in [-0.2, 0) is 6.54 Å². The molecule has 0 spiro atoms. The average Bonchev–Trinajstić information content (AvgIpc) is 3.35. The van der Waals surface area contributed by atoms with Gasteiger partial charge in [0.15, 0.2) is 11.7 Å². The van der Waals surface area contributed by atoms with Gasteiger partial charge >= 0.3 is 0 Å². The first kappa shape index (κ1) is 18.5. The van der Waals surface area contributed by atoms with E-state index >= 15 is 0 Å². The zero-order chi connectivity index (χ0) is 19.1. The van der Waals surface area contributed by atoms with Crippen LogP contribution in [0.25, 0.3) is 11.6 Å². The molecule has 142 valence electrons. The number of rotatable bonds is 7. The number of hydrogen-bond donors (Lipinski definition) is 2. The summed E-state index contributed by atoms with van der Waals surface area (Å²) in [7, 11) is 3.71. The van der Waals surface area contributed by atoms with E-state index in [0.29, 0.717) is 37.1 Å². The highest BCUT2D eigenvalue weighted by Gasteiger charge is 2.10. The van der Waals surface area contributed by atoms with E-state index in [1.165, 1.54) is 0 Å². The zero-order valence-corrected chi connectivity index (χ0v) is 15.8. The lowest BCUT2D eigenvalue weighted by Crippen LogP contribution is -2.40. The first-order valence-corrected chi connectivity index (χ1v) is 8.72. The molecule has 3 rings (SSSR count). The van der Waals surface area contributed by atoms with Gasteiger partial charge in [0.05, 0.1) is 19.4 Å². The molecule has 8 heteroatoms. The second-order valence-electron chi connectivity index (χ2n) is 6.02. The number of aryl methyl sites for hydroxylation is 1. The predicted molar refractivity (Wildman–Crippen MR) is 104 cm³/mol. The van der Waals surface area contributed by atoms with Gasteiger partial charge < -0.3 is 19.4 Å². The highest BCUT2D eigenvalue weighted by atomic mass is 16.5. The molecular formula is C19H24N6O2. The van der Waals surface area contributed by atoms with Crippen molar-refractivity contribution < 1.29 is 9.15 Å². The Morgan fingerprint density at radius 2 is 2.15 bits per heavy atom. The van der Waals surface area contributed by atoms with Gasteiger partial charge in [0, 0.05) is 14.1 Å². The number of H-pyrrole nitrogens is 1. The Labute approximate surface area is 158 Å². The topological polar surface area (TPSA) is 91.6 Å². The van der Waals surface area contributed by atoms with Crippen LogP contribution in [0.5, 0.6) is 5.75 Å². The van der Waals surface area contributed by atoms with Crippen molar-refractivity contribution in [1.82, 2.24) is 25.4 Å². The van der Waals surface area contributed by atoms with Gasteiger partial charge in [-0.3, -0.25) is 10.1 Å². The summed E-state index contributed by atoms with van der Waals surface area (Å²) in [6.45, 7) is 3.77. The molecule has 0 atom stereocenters. The van der Waals surface area contributed by atoms with Gasteiger partial charge in [0.2, 0.25) is 5.82 Å². The summed E-state index contributed by atoms with van der Waals surface area (Å²) in [6.07, 6.45) is 1.60. The molecule has 0 bridgehead atoms. The number of likely N-dealkylation sites (N-methyl/N-ethyl adjacent to an activating group) is 1. The largest absolute Gasteiger partial charge is 0.491 e. The van der Waals surface area contributed by atoms with Crippen LogP contribution in [0.3, 0.4) is 0 Å². The van der Waals surface area contributed by atoms with Gasteiger partial charge in [-0.05, 0) is 30.7 Å². The number of ether oxygens (including phenoxy) is 1. The van der Waals surface area contributed by atoms with Crippen LogP contribution in [0.15, 0.2) is 52.1 Å². The minimum atomic E-state index is 0.476. The Hall–Kier alpha value is -3.29. The molecule has 0 fully saturated rings. The normalized spacial score (nSPS) is 11.4. The third-order valence-corrected chi connectivity index (χ3v) is 4.04. The third kappa shape index (κ3) is 4.87. The molecule has 0 aliphatic rings. The molecule has 0 aliphatic heterocycles. The van der Waals surface area contributed by atoms with Crippen LogP contribution >= 0.6 is 0 Å². The van der Waals surface area contributed by atoms with Crippen molar-refractivity contribution in [2.45, 2.75) is 13.5 Å². The first-order chi connectivity index (χ1) is 13.2. The van der Waals surface area contributed by atoms with Crippen LogP contribution in [0.1, 0.15) is 11.4 Å². The van der Waals surface area contributed by atoms with E-state index < -0.39 is 0 Å². The fraction of sp³-hybridized carbons (Fsp3) is 0.316. The van der Waals surface area contributed by atoms with Crippen LogP contribution in [-0.4, -0.2) is 53.3 Å². The van der Waals surface area contributed by atoms with E-state index in [1.54, 1.807) is 19.4 Å².